The van der Waals surface area contributed by atoms with Crippen molar-refractivity contribution in [1.29, 1.82) is 0 Å². The monoisotopic (exact) mass is 496 g/mol. The minimum atomic E-state index is -0.598. The molecular formula is C26H36N6O4. The van der Waals surface area contributed by atoms with Gasteiger partial charge in [-0.25, -0.2) is 4.98 Å². The predicted octanol–water partition coefficient (Wildman–Crippen LogP) is 3.48. The largest absolute Gasteiger partial charge is 0.495 e. The second-order valence-corrected chi connectivity index (χ2v) is 10.1. The van der Waals surface area contributed by atoms with Crippen molar-refractivity contribution in [2.75, 3.05) is 42.4 Å². The number of fused-ring (bicyclic) bond motifs is 1. The minimum Gasteiger partial charge on any atom is -0.495 e. The van der Waals surface area contributed by atoms with E-state index in [1.165, 1.54) is 7.11 Å². The van der Waals surface area contributed by atoms with E-state index < -0.39 is 11.3 Å². The maximum Gasteiger partial charge on any atom is 0.248 e. The van der Waals surface area contributed by atoms with Gasteiger partial charge in [0.1, 0.15) is 11.4 Å². The van der Waals surface area contributed by atoms with E-state index >= 15 is 0 Å². The van der Waals surface area contributed by atoms with Crippen LogP contribution in [0, 0.1) is 5.41 Å². The van der Waals surface area contributed by atoms with Crippen LogP contribution in [0.4, 0.5) is 23.1 Å². The summed E-state index contributed by atoms with van der Waals surface area (Å²) in [6.07, 6.45) is 5.73. The average Bonchev–Trinajstić information content (AvgIpc) is 3.31. The molecule has 1 aromatic heterocycles. The highest BCUT2D eigenvalue weighted by molar-refractivity contribution is 6.01. The van der Waals surface area contributed by atoms with E-state index in [9.17, 15) is 9.59 Å². The molecule has 1 aliphatic heterocycles. The van der Waals surface area contributed by atoms with Gasteiger partial charge in [-0.1, -0.05) is 6.92 Å². The summed E-state index contributed by atoms with van der Waals surface area (Å²) in [5.41, 5.74) is 6.42. The number of nitrogens with two attached hydrogens (primary N) is 1. The number of nitrogens with zero attached hydrogens (tertiary/aromatic N) is 4. The van der Waals surface area contributed by atoms with E-state index in [1.807, 2.05) is 13.8 Å². The van der Waals surface area contributed by atoms with E-state index in [0.717, 1.165) is 32.3 Å². The van der Waals surface area contributed by atoms with Gasteiger partial charge in [-0.2, -0.15) is 4.98 Å². The number of nitrogens with one attached hydrogen (secondary N) is 1. The molecule has 0 saturated heterocycles. The Morgan fingerprint density at radius 1 is 1.31 bits per heavy atom. The SMILES string of the molecule is CCCOC1CCC(N2CC(C)(C)C(=O)N(C)c3cnc(Nc4ccc(C(N)=O)cc4OC)nc32)C1. The van der Waals surface area contributed by atoms with Gasteiger partial charge in [0.15, 0.2) is 5.82 Å². The first-order valence-corrected chi connectivity index (χ1v) is 12.4. The lowest BCUT2D eigenvalue weighted by Gasteiger charge is -2.34. The standard InChI is InChI=1S/C26H36N6O4/c1-6-11-36-18-9-8-17(13-18)32-15-26(2,3)24(34)31(4)20-14-28-25(30-23(20)32)29-19-10-7-16(22(27)33)12-21(19)35-5/h7,10,12,14,17-18H,6,8-9,11,13,15H2,1-5H3,(H2,27,33)(H,28,29,30). The number of hydrogen-bond acceptors (Lipinski definition) is 8. The van der Waals surface area contributed by atoms with Crippen LogP contribution in [0.5, 0.6) is 5.75 Å². The smallest absolute Gasteiger partial charge is 0.248 e. The van der Waals surface area contributed by atoms with Crippen molar-refractivity contribution in [2.24, 2.45) is 11.1 Å². The fourth-order valence-electron chi connectivity index (χ4n) is 5.01. The Labute approximate surface area is 212 Å². The summed E-state index contributed by atoms with van der Waals surface area (Å²) < 4.78 is 11.5. The molecule has 4 rings (SSSR count). The lowest BCUT2D eigenvalue weighted by molar-refractivity contribution is -0.125. The van der Waals surface area contributed by atoms with Gasteiger partial charge < -0.3 is 30.3 Å². The molecule has 194 valence electrons. The van der Waals surface area contributed by atoms with Crippen LogP contribution in [0.25, 0.3) is 0 Å². The van der Waals surface area contributed by atoms with E-state index in [1.54, 1.807) is 36.3 Å². The Morgan fingerprint density at radius 3 is 2.78 bits per heavy atom. The van der Waals surface area contributed by atoms with Gasteiger partial charge in [-0.15, -0.1) is 0 Å². The van der Waals surface area contributed by atoms with Gasteiger partial charge in [0, 0.05) is 31.8 Å². The van der Waals surface area contributed by atoms with Crippen molar-refractivity contribution in [2.45, 2.75) is 58.6 Å². The molecule has 1 aromatic carbocycles. The summed E-state index contributed by atoms with van der Waals surface area (Å²) in [5, 5.41) is 3.20. The fourth-order valence-corrected chi connectivity index (χ4v) is 5.01. The Morgan fingerprint density at radius 2 is 2.08 bits per heavy atom. The first-order chi connectivity index (χ1) is 17.1. The number of aromatic nitrogens is 2. The zero-order chi connectivity index (χ0) is 26.0. The van der Waals surface area contributed by atoms with Crippen molar-refractivity contribution < 1.29 is 19.1 Å². The number of amides is 2. The first-order valence-electron chi connectivity index (χ1n) is 12.4. The van der Waals surface area contributed by atoms with Crippen molar-refractivity contribution in [3.05, 3.63) is 30.0 Å². The molecule has 1 fully saturated rings. The van der Waals surface area contributed by atoms with E-state index in [4.69, 9.17) is 20.2 Å². The molecule has 1 saturated carbocycles. The molecule has 2 unspecified atom stereocenters. The zero-order valence-corrected chi connectivity index (χ0v) is 21.7. The lowest BCUT2D eigenvalue weighted by atomic mass is 9.91. The van der Waals surface area contributed by atoms with Crippen LogP contribution in [0.3, 0.4) is 0 Å². The van der Waals surface area contributed by atoms with Crippen LogP contribution >= 0.6 is 0 Å². The van der Waals surface area contributed by atoms with Gasteiger partial charge >= 0.3 is 0 Å². The number of hydrogen-bond donors (Lipinski definition) is 2. The van der Waals surface area contributed by atoms with E-state index in [0.29, 0.717) is 41.0 Å². The number of ether oxygens (including phenoxy) is 2. The minimum absolute atomic E-state index is 0.0241. The molecule has 10 heteroatoms. The zero-order valence-electron chi connectivity index (χ0n) is 21.7. The Balaban J connectivity index is 1.69. The third-order valence-corrected chi connectivity index (χ3v) is 6.92. The highest BCUT2D eigenvalue weighted by Gasteiger charge is 2.42. The number of carbonyl (C=O) groups excluding carboxylic acids is 2. The molecule has 1 aliphatic carbocycles. The van der Waals surface area contributed by atoms with Crippen molar-refractivity contribution in [3.63, 3.8) is 0 Å². The molecule has 10 nitrogen and oxygen atoms in total. The van der Waals surface area contributed by atoms with Gasteiger partial charge in [0.2, 0.25) is 17.8 Å². The molecule has 2 aliphatic rings. The second-order valence-electron chi connectivity index (χ2n) is 10.1. The molecule has 0 radical (unpaired) electrons. The normalized spacial score (nSPS) is 21.2. The maximum absolute atomic E-state index is 13.3. The Kier molecular flexibility index (Phi) is 7.35. The highest BCUT2D eigenvalue weighted by Crippen LogP contribution is 2.41. The predicted molar refractivity (Wildman–Crippen MR) is 139 cm³/mol. The van der Waals surface area contributed by atoms with E-state index in [2.05, 4.69) is 22.1 Å². The summed E-state index contributed by atoms with van der Waals surface area (Å²) in [6.45, 7) is 7.36. The van der Waals surface area contributed by atoms with Crippen LogP contribution in [-0.4, -0.2) is 61.2 Å². The molecule has 36 heavy (non-hydrogen) atoms. The topological polar surface area (TPSA) is 123 Å². The van der Waals surface area contributed by atoms with Gasteiger partial charge in [0.25, 0.3) is 0 Å². The van der Waals surface area contributed by atoms with Crippen LogP contribution in [0.1, 0.15) is 56.8 Å². The van der Waals surface area contributed by atoms with Crippen molar-refractivity contribution in [3.8, 4) is 5.75 Å². The summed E-state index contributed by atoms with van der Waals surface area (Å²) in [4.78, 5) is 38.1. The number of benzene rings is 1. The van der Waals surface area contributed by atoms with E-state index in [-0.39, 0.29) is 18.1 Å². The number of carbonyl (C=O) groups is 2. The van der Waals surface area contributed by atoms with Gasteiger partial charge in [-0.3, -0.25) is 9.59 Å². The van der Waals surface area contributed by atoms with Gasteiger partial charge in [-0.05, 0) is 57.7 Å². The van der Waals surface area contributed by atoms with Crippen LogP contribution < -0.4 is 25.6 Å². The number of methoxy groups -OCH3 is 1. The molecular weight excluding hydrogens is 460 g/mol. The van der Waals surface area contributed by atoms with Crippen molar-refractivity contribution in [1.82, 2.24) is 9.97 Å². The average molecular weight is 497 g/mol. The third-order valence-electron chi connectivity index (χ3n) is 6.92. The number of anilines is 4. The summed E-state index contributed by atoms with van der Waals surface area (Å²) in [7, 11) is 3.29. The second kappa shape index (κ2) is 10.3. The molecule has 2 atom stereocenters. The fraction of sp³-hybridized carbons (Fsp3) is 0.538. The van der Waals surface area contributed by atoms with Crippen LogP contribution in [0.2, 0.25) is 0 Å². The molecule has 0 spiro atoms. The number of primary amides is 1. The molecule has 3 N–H and O–H groups in total. The lowest BCUT2D eigenvalue weighted by Crippen LogP contribution is -2.45. The summed E-state index contributed by atoms with van der Waals surface area (Å²) >= 11 is 0. The van der Waals surface area contributed by atoms with Crippen molar-refractivity contribution >= 4 is 35.0 Å². The number of rotatable bonds is 8. The molecule has 2 heterocycles. The van der Waals surface area contributed by atoms with Gasteiger partial charge in [0.05, 0.1) is 30.5 Å². The van der Waals surface area contributed by atoms with Crippen LogP contribution in [-0.2, 0) is 9.53 Å². The molecule has 0 bridgehead atoms. The Hall–Kier alpha value is -3.40. The third kappa shape index (κ3) is 5.09. The summed E-state index contributed by atoms with van der Waals surface area (Å²) in [5.74, 6) is 1.01. The first kappa shape index (κ1) is 25.7. The molecule has 2 aromatic rings. The van der Waals surface area contributed by atoms with Crippen LogP contribution in [0.15, 0.2) is 24.4 Å². The summed E-state index contributed by atoms with van der Waals surface area (Å²) in [6, 6.07) is 5.10. The quantitative estimate of drug-likeness (QED) is 0.569. The highest BCUT2D eigenvalue weighted by atomic mass is 16.5. The molecule has 2 amide bonds. The Bertz CT molecular complexity index is 1140. The maximum atomic E-state index is 13.3.